The minimum Gasteiger partial charge on any atom is -0.391 e. The van der Waals surface area contributed by atoms with Crippen molar-refractivity contribution in [3.8, 4) is 18.2 Å². The molecule has 9 nitrogen and oxygen atoms in total. The number of nitriles is 3. The molecule has 9 heteroatoms. The zero-order valence-electron chi connectivity index (χ0n) is 26.9. The molecule has 3 aromatic carbocycles. The van der Waals surface area contributed by atoms with Crippen LogP contribution < -0.4 is 4.90 Å². The third-order valence-electron chi connectivity index (χ3n) is 8.23. The number of quaternary nitrogens is 1. The van der Waals surface area contributed by atoms with Gasteiger partial charge >= 0.3 is 0 Å². The Hall–Kier alpha value is -5.78. The molecule has 240 valence electrons. The molecule has 0 fully saturated rings. The van der Waals surface area contributed by atoms with Crippen LogP contribution in [0.1, 0.15) is 22.3 Å². The Bertz CT molecular complexity index is 1880. The number of para-hydroxylation sites is 1. The second-order valence-electron chi connectivity index (χ2n) is 11.4. The van der Waals surface area contributed by atoms with Crippen LogP contribution in [-0.4, -0.2) is 74.4 Å². The van der Waals surface area contributed by atoms with Crippen molar-refractivity contribution < 1.29 is 19.4 Å². The molecule has 0 aromatic heterocycles. The molecule has 1 aliphatic rings. The highest BCUT2D eigenvalue weighted by molar-refractivity contribution is 5.92. The SMILES string of the molecule is [C-]#[N+]\C(C#N)=C(/C(C#N)=C/C=C1\C=C(c2ccccc2)c2ccccc2N1CCOCC[N+](C)(CCO)CCO)c1cccc(C#N)c1. The van der Waals surface area contributed by atoms with Gasteiger partial charge in [0, 0.05) is 29.1 Å². The van der Waals surface area contributed by atoms with Crippen LogP contribution in [0.15, 0.2) is 114 Å². The third-order valence-corrected chi connectivity index (χ3v) is 8.23. The summed E-state index contributed by atoms with van der Waals surface area (Å²) in [5, 5.41) is 48.6. The highest BCUT2D eigenvalue weighted by Gasteiger charge is 2.24. The molecule has 0 atom stereocenters. The number of hydrogen-bond acceptors (Lipinski definition) is 7. The Labute approximate surface area is 282 Å². The molecule has 0 bridgehead atoms. The predicted octanol–water partition coefficient (Wildman–Crippen LogP) is 5.45. The largest absolute Gasteiger partial charge is 0.391 e. The summed E-state index contributed by atoms with van der Waals surface area (Å²) in [6, 6.07) is 30.8. The number of aliphatic hydroxyl groups excluding tert-OH is 2. The molecule has 3 aromatic rings. The van der Waals surface area contributed by atoms with E-state index in [1.54, 1.807) is 36.4 Å². The number of benzene rings is 3. The van der Waals surface area contributed by atoms with Crippen LogP contribution >= 0.6 is 0 Å². The van der Waals surface area contributed by atoms with E-state index in [-0.39, 0.29) is 30.1 Å². The van der Waals surface area contributed by atoms with Crippen molar-refractivity contribution in [2.45, 2.75) is 0 Å². The van der Waals surface area contributed by atoms with Crippen molar-refractivity contribution in [1.82, 2.24) is 0 Å². The number of fused-ring (bicyclic) bond motifs is 1. The second kappa shape index (κ2) is 17.2. The summed E-state index contributed by atoms with van der Waals surface area (Å²) < 4.78 is 6.58. The molecular formula is C39H37N6O3+. The molecule has 0 unspecified atom stereocenters. The normalized spacial score (nSPS) is 14.1. The maximum atomic E-state index is 10.3. The summed E-state index contributed by atoms with van der Waals surface area (Å²) in [5.74, 6) is 0. The minimum atomic E-state index is -0.246. The fraction of sp³-hybridized carbons (Fsp3) is 0.231. The van der Waals surface area contributed by atoms with Crippen molar-refractivity contribution in [2.75, 3.05) is 64.6 Å². The average Bonchev–Trinajstić information content (AvgIpc) is 3.12. The van der Waals surface area contributed by atoms with Gasteiger partial charge in [0.25, 0.3) is 5.70 Å². The average molecular weight is 638 g/mol. The molecule has 0 amide bonds. The van der Waals surface area contributed by atoms with E-state index < -0.39 is 0 Å². The zero-order valence-corrected chi connectivity index (χ0v) is 26.9. The van der Waals surface area contributed by atoms with Crippen LogP contribution in [0.5, 0.6) is 0 Å². The van der Waals surface area contributed by atoms with Crippen LogP contribution in [0.2, 0.25) is 0 Å². The number of allylic oxidation sites excluding steroid dienone is 6. The van der Waals surface area contributed by atoms with Gasteiger partial charge in [-0.15, -0.1) is 0 Å². The molecule has 0 saturated heterocycles. The highest BCUT2D eigenvalue weighted by atomic mass is 16.5. The van der Waals surface area contributed by atoms with Gasteiger partial charge in [0.1, 0.15) is 19.6 Å². The highest BCUT2D eigenvalue weighted by Crippen LogP contribution is 2.39. The van der Waals surface area contributed by atoms with Crippen molar-refractivity contribution in [3.05, 3.63) is 148 Å². The molecule has 48 heavy (non-hydrogen) atoms. The molecule has 4 rings (SSSR count). The maximum absolute atomic E-state index is 10.3. The van der Waals surface area contributed by atoms with Crippen LogP contribution in [-0.2, 0) is 4.74 Å². The van der Waals surface area contributed by atoms with Crippen molar-refractivity contribution in [1.29, 1.82) is 15.8 Å². The van der Waals surface area contributed by atoms with E-state index in [0.717, 1.165) is 28.1 Å². The van der Waals surface area contributed by atoms with Gasteiger partial charge in [0.2, 0.25) is 0 Å². The summed E-state index contributed by atoms with van der Waals surface area (Å²) in [5.41, 5.74) is 5.59. The lowest BCUT2D eigenvalue weighted by Gasteiger charge is -2.34. The van der Waals surface area contributed by atoms with Crippen LogP contribution in [0.25, 0.3) is 16.0 Å². The fourth-order valence-corrected chi connectivity index (χ4v) is 5.63. The number of nitrogens with zero attached hydrogens (tertiary/aromatic N) is 6. The first-order valence-corrected chi connectivity index (χ1v) is 15.5. The Morgan fingerprint density at radius 3 is 2.31 bits per heavy atom. The first-order valence-electron chi connectivity index (χ1n) is 15.5. The minimum absolute atomic E-state index is 0.0237. The number of hydrogen-bond donors (Lipinski definition) is 2. The van der Waals surface area contributed by atoms with Gasteiger partial charge in [-0.2, -0.15) is 10.5 Å². The lowest BCUT2D eigenvalue weighted by molar-refractivity contribution is -0.910. The molecular weight excluding hydrogens is 600 g/mol. The van der Waals surface area contributed by atoms with E-state index in [1.807, 2.05) is 61.6 Å². The van der Waals surface area contributed by atoms with Crippen LogP contribution in [0.4, 0.5) is 5.69 Å². The predicted molar refractivity (Wildman–Crippen MR) is 185 cm³/mol. The standard InChI is InChI=1S/C39H37N6O3/c1-43-37(29-42)39(32-12-8-9-30(25-32)27-40)33(28-41)15-16-34-26-36(31-10-4-3-5-11-31)35-13-6-7-14-38(35)44(34)17-23-48-24-20-45(2,18-21-46)19-22-47/h3-16,25-26,46-47H,17-24H2,2H3/q+1/b33-15+,34-16+,39-37-. The van der Waals surface area contributed by atoms with Crippen molar-refractivity contribution in [3.63, 3.8) is 0 Å². The van der Waals surface area contributed by atoms with Gasteiger partial charge in [-0.05, 0) is 53.1 Å². The lowest BCUT2D eigenvalue weighted by atomic mass is 9.91. The van der Waals surface area contributed by atoms with Crippen molar-refractivity contribution in [2.24, 2.45) is 0 Å². The van der Waals surface area contributed by atoms with Crippen LogP contribution in [0.3, 0.4) is 0 Å². The summed E-state index contributed by atoms with van der Waals surface area (Å²) >= 11 is 0. The van der Waals surface area contributed by atoms with E-state index in [1.165, 1.54) is 0 Å². The number of anilines is 1. The van der Waals surface area contributed by atoms with Gasteiger partial charge < -0.3 is 24.3 Å². The fourth-order valence-electron chi connectivity index (χ4n) is 5.63. The number of aliphatic hydroxyl groups is 2. The zero-order chi connectivity index (χ0) is 34.4. The van der Waals surface area contributed by atoms with Gasteiger partial charge in [0.15, 0.2) is 0 Å². The van der Waals surface area contributed by atoms with E-state index in [2.05, 4.69) is 34.0 Å². The monoisotopic (exact) mass is 637 g/mol. The quantitative estimate of drug-likeness (QED) is 0.0791. The van der Waals surface area contributed by atoms with E-state index >= 15 is 0 Å². The number of likely N-dealkylation sites (N-methyl/N-ethyl adjacent to an activating group) is 1. The summed E-state index contributed by atoms with van der Waals surface area (Å²) in [7, 11) is 1.98. The maximum Gasteiger partial charge on any atom is 0.270 e. The number of rotatable bonds is 14. The second-order valence-corrected chi connectivity index (χ2v) is 11.4. The summed E-state index contributed by atoms with van der Waals surface area (Å²) in [6.45, 7) is 10.7. The number of ether oxygens (including phenoxy) is 1. The van der Waals surface area contributed by atoms with Gasteiger partial charge in [-0.25, -0.2) is 10.1 Å². The molecule has 0 saturated carbocycles. The smallest absolute Gasteiger partial charge is 0.270 e. The third kappa shape index (κ3) is 8.52. The van der Waals surface area contributed by atoms with Crippen molar-refractivity contribution >= 4 is 16.8 Å². The molecule has 2 N–H and O–H groups in total. The molecule has 0 spiro atoms. The van der Waals surface area contributed by atoms with Gasteiger partial charge in [0.05, 0.1) is 69.4 Å². The first kappa shape index (κ1) is 35.1. The summed E-state index contributed by atoms with van der Waals surface area (Å²) in [6.07, 6.45) is 5.47. The Morgan fingerprint density at radius 2 is 1.65 bits per heavy atom. The van der Waals surface area contributed by atoms with Gasteiger partial charge in [-0.1, -0.05) is 60.7 Å². The van der Waals surface area contributed by atoms with E-state index in [4.69, 9.17) is 11.3 Å². The topological polar surface area (TPSA) is 129 Å². The van der Waals surface area contributed by atoms with E-state index in [9.17, 15) is 26.0 Å². The summed E-state index contributed by atoms with van der Waals surface area (Å²) in [4.78, 5) is 5.52. The Morgan fingerprint density at radius 1 is 0.917 bits per heavy atom. The Kier molecular flexibility index (Phi) is 12.6. The molecule has 0 radical (unpaired) electrons. The first-order chi connectivity index (χ1) is 23.4. The lowest BCUT2D eigenvalue weighted by Crippen LogP contribution is -2.50. The van der Waals surface area contributed by atoms with E-state index in [0.29, 0.717) is 55.0 Å². The van der Waals surface area contributed by atoms with Crippen LogP contribution in [0, 0.1) is 40.6 Å². The molecule has 1 aliphatic heterocycles. The molecule has 0 aliphatic carbocycles. The molecule has 1 heterocycles. The van der Waals surface area contributed by atoms with Gasteiger partial charge in [-0.3, -0.25) is 0 Å². The Balaban J connectivity index is 1.76.